The quantitative estimate of drug-likeness (QED) is 0.845. The number of nitrogens with one attached hydrogen (secondary N) is 1. The minimum atomic E-state index is -0.812. The van der Waals surface area contributed by atoms with Crippen LogP contribution in [-0.2, 0) is 6.54 Å². The molecule has 1 rings (SSSR count). The third-order valence-corrected chi connectivity index (χ3v) is 2.39. The molecular weight excluding hydrogens is 228 g/mol. The largest absolute Gasteiger partial charge is 0.318 e. The molecule has 0 spiro atoms. The number of hydrogen-bond donors (Lipinski definition) is 1. The van der Waals surface area contributed by atoms with E-state index in [0.717, 1.165) is 0 Å². The Balaban J connectivity index is 3.05. The Morgan fingerprint density at radius 1 is 1.39 bits per heavy atom. The second-order valence-electron chi connectivity index (χ2n) is 4.54. The van der Waals surface area contributed by atoms with Crippen molar-refractivity contribution in [2.75, 3.05) is 0 Å². The minimum Gasteiger partial charge on any atom is -0.318 e. The first-order valence-electron chi connectivity index (χ1n) is 5.50. The van der Waals surface area contributed by atoms with Crippen LogP contribution in [0, 0.1) is 34.0 Å². The van der Waals surface area contributed by atoms with E-state index in [1.807, 2.05) is 26.0 Å². The smallest absolute Gasteiger partial charge is 0.176 e. The lowest BCUT2D eigenvalue weighted by atomic mass is 10.0. The summed E-state index contributed by atoms with van der Waals surface area (Å²) in [5, 5.41) is 30.2. The van der Waals surface area contributed by atoms with Crippen molar-refractivity contribution in [1.29, 1.82) is 15.8 Å². The molecule has 1 heterocycles. The Hall–Kier alpha value is -2.36. The highest BCUT2D eigenvalue weighted by atomic mass is 15.1. The summed E-state index contributed by atoms with van der Waals surface area (Å²) >= 11 is 0. The Morgan fingerprint density at radius 2 is 2.06 bits per heavy atom. The molecule has 0 saturated heterocycles. The van der Waals surface area contributed by atoms with Crippen LogP contribution in [0.1, 0.15) is 32.2 Å². The maximum atomic E-state index is 9.23. The molecule has 0 aliphatic heterocycles. The lowest BCUT2D eigenvalue weighted by molar-refractivity contribution is 0.357. The molecule has 0 aromatic carbocycles. The summed E-state index contributed by atoms with van der Waals surface area (Å²) in [4.78, 5) is 3.85. The van der Waals surface area contributed by atoms with Crippen LogP contribution >= 0.6 is 0 Å². The van der Waals surface area contributed by atoms with Gasteiger partial charge in [-0.1, -0.05) is 0 Å². The number of aromatic nitrogens is 2. The van der Waals surface area contributed by atoms with E-state index in [-0.39, 0.29) is 24.0 Å². The van der Waals surface area contributed by atoms with Crippen molar-refractivity contribution in [1.82, 2.24) is 14.9 Å². The third-order valence-electron chi connectivity index (χ3n) is 2.39. The van der Waals surface area contributed by atoms with Gasteiger partial charge < -0.3 is 4.57 Å². The molecule has 0 aliphatic rings. The number of hydrogen-bond acceptors (Lipinski definition) is 5. The van der Waals surface area contributed by atoms with Crippen LogP contribution in [0.25, 0.3) is 0 Å². The molecule has 1 unspecified atom stereocenters. The second kappa shape index (κ2) is 5.31. The average Bonchev–Trinajstić information content (AvgIpc) is 2.69. The van der Waals surface area contributed by atoms with Crippen LogP contribution in [0.2, 0.25) is 0 Å². The second-order valence-corrected chi connectivity index (χ2v) is 4.54. The Morgan fingerprint density at radius 3 is 2.50 bits per heavy atom. The van der Waals surface area contributed by atoms with Crippen molar-refractivity contribution in [3.05, 3.63) is 17.7 Å². The molecule has 18 heavy (non-hydrogen) atoms. The van der Waals surface area contributed by atoms with Gasteiger partial charge in [0, 0.05) is 6.04 Å². The molecule has 0 amide bonds. The predicted molar refractivity (Wildman–Crippen MR) is 63.9 cm³/mol. The number of rotatable bonds is 4. The molecule has 0 bridgehead atoms. The highest BCUT2D eigenvalue weighted by molar-refractivity contribution is 5.36. The van der Waals surface area contributed by atoms with E-state index in [0.29, 0.717) is 0 Å². The van der Waals surface area contributed by atoms with Crippen LogP contribution in [0.4, 0.5) is 0 Å². The first-order chi connectivity index (χ1) is 8.45. The van der Waals surface area contributed by atoms with E-state index < -0.39 is 5.54 Å². The van der Waals surface area contributed by atoms with Gasteiger partial charge in [0.2, 0.25) is 0 Å². The van der Waals surface area contributed by atoms with Crippen LogP contribution in [0.5, 0.6) is 0 Å². The standard InChI is InChI=1S/C12H14N6/c1-9(2)17-12(3,6-15)7-18-8-16-10(4-13)11(18)5-14/h8-9,17H,7H2,1-3H3. The van der Waals surface area contributed by atoms with Crippen molar-refractivity contribution in [2.24, 2.45) is 0 Å². The van der Waals surface area contributed by atoms with Crippen molar-refractivity contribution in [3.63, 3.8) is 0 Å². The normalized spacial score (nSPS) is 13.4. The fourth-order valence-electron chi connectivity index (χ4n) is 1.79. The van der Waals surface area contributed by atoms with Gasteiger partial charge in [0.1, 0.15) is 17.7 Å². The van der Waals surface area contributed by atoms with Gasteiger partial charge in [0.15, 0.2) is 11.4 Å². The summed E-state index contributed by atoms with van der Waals surface area (Å²) in [5.41, 5.74) is -0.542. The highest BCUT2D eigenvalue weighted by Crippen LogP contribution is 2.12. The Kier molecular flexibility index (Phi) is 4.05. The van der Waals surface area contributed by atoms with Gasteiger partial charge in [0.05, 0.1) is 18.9 Å². The third kappa shape index (κ3) is 2.85. The molecule has 0 radical (unpaired) electrons. The van der Waals surface area contributed by atoms with E-state index in [4.69, 9.17) is 10.5 Å². The van der Waals surface area contributed by atoms with Crippen LogP contribution < -0.4 is 5.32 Å². The van der Waals surface area contributed by atoms with E-state index >= 15 is 0 Å². The summed E-state index contributed by atoms with van der Waals surface area (Å²) in [6.07, 6.45) is 1.41. The predicted octanol–water partition coefficient (Wildman–Crippen LogP) is 0.907. The van der Waals surface area contributed by atoms with Crippen molar-refractivity contribution in [2.45, 2.75) is 38.9 Å². The van der Waals surface area contributed by atoms with Gasteiger partial charge in [-0.15, -0.1) is 0 Å². The van der Waals surface area contributed by atoms with Crippen molar-refractivity contribution in [3.8, 4) is 18.2 Å². The first kappa shape index (κ1) is 13.7. The fourth-order valence-corrected chi connectivity index (χ4v) is 1.79. The molecular formula is C12H14N6. The van der Waals surface area contributed by atoms with E-state index in [1.54, 1.807) is 6.92 Å². The van der Waals surface area contributed by atoms with Crippen LogP contribution in [-0.4, -0.2) is 21.1 Å². The Bertz CT molecular complexity index is 551. The average molecular weight is 242 g/mol. The van der Waals surface area contributed by atoms with Crippen molar-refractivity contribution >= 4 is 0 Å². The molecule has 1 aromatic heterocycles. The molecule has 0 aliphatic carbocycles. The lowest BCUT2D eigenvalue weighted by Gasteiger charge is -2.26. The molecule has 1 atom stereocenters. The zero-order valence-corrected chi connectivity index (χ0v) is 10.6. The summed E-state index contributed by atoms with van der Waals surface area (Å²) < 4.78 is 1.52. The molecule has 1 N–H and O–H groups in total. The number of imidazole rings is 1. The maximum absolute atomic E-state index is 9.23. The molecule has 1 aromatic rings. The summed E-state index contributed by atoms with van der Waals surface area (Å²) in [6, 6.07) is 6.11. The van der Waals surface area contributed by atoms with Gasteiger partial charge >= 0.3 is 0 Å². The van der Waals surface area contributed by atoms with Crippen molar-refractivity contribution < 1.29 is 0 Å². The lowest BCUT2D eigenvalue weighted by Crippen LogP contribution is -2.48. The summed E-state index contributed by atoms with van der Waals surface area (Å²) in [7, 11) is 0. The summed E-state index contributed by atoms with van der Waals surface area (Å²) in [5.74, 6) is 0. The summed E-state index contributed by atoms with van der Waals surface area (Å²) in [6.45, 7) is 5.89. The van der Waals surface area contributed by atoms with Gasteiger partial charge in [-0.3, -0.25) is 5.32 Å². The van der Waals surface area contributed by atoms with E-state index in [1.165, 1.54) is 10.9 Å². The molecule has 6 heteroatoms. The number of nitriles is 3. The minimum absolute atomic E-state index is 0.0855. The molecule has 92 valence electrons. The SMILES string of the molecule is CC(C)NC(C)(C#N)Cn1cnc(C#N)c1C#N. The van der Waals surface area contributed by atoms with Gasteiger partial charge in [-0.2, -0.15) is 15.8 Å². The van der Waals surface area contributed by atoms with Crippen LogP contribution in [0.15, 0.2) is 6.33 Å². The molecule has 0 fully saturated rings. The van der Waals surface area contributed by atoms with E-state index in [9.17, 15) is 5.26 Å². The highest BCUT2D eigenvalue weighted by Gasteiger charge is 2.26. The van der Waals surface area contributed by atoms with Gasteiger partial charge in [0.25, 0.3) is 0 Å². The zero-order chi connectivity index (χ0) is 13.8. The molecule has 6 nitrogen and oxygen atoms in total. The van der Waals surface area contributed by atoms with Gasteiger partial charge in [-0.05, 0) is 20.8 Å². The van der Waals surface area contributed by atoms with Crippen LogP contribution in [0.3, 0.4) is 0 Å². The topological polar surface area (TPSA) is 101 Å². The van der Waals surface area contributed by atoms with Gasteiger partial charge in [-0.25, -0.2) is 4.98 Å². The fraction of sp³-hybridized carbons (Fsp3) is 0.500. The Labute approximate surface area is 106 Å². The monoisotopic (exact) mass is 242 g/mol. The zero-order valence-electron chi connectivity index (χ0n) is 10.6. The number of nitrogens with zero attached hydrogens (tertiary/aromatic N) is 5. The van der Waals surface area contributed by atoms with E-state index in [2.05, 4.69) is 16.4 Å². The maximum Gasteiger partial charge on any atom is 0.176 e. The first-order valence-corrected chi connectivity index (χ1v) is 5.50. The molecule has 0 saturated carbocycles.